The maximum absolute atomic E-state index is 8.54. The van der Waals surface area contributed by atoms with Crippen LogP contribution in [0.5, 0.6) is 5.75 Å². The number of para-hydroxylation sites is 1. The van der Waals surface area contributed by atoms with Crippen molar-refractivity contribution in [2.24, 2.45) is 0 Å². The lowest BCUT2D eigenvalue weighted by atomic mass is 10.1. The summed E-state index contributed by atoms with van der Waals surface area (Å²) >= 11 is 18.1. The highest BCUT2D eigenvalue weighted by Crippen LogP contribution is 2.42. The number of rotatable bonds is 4. The van der Waals surface area contributed by atoms with Crippen molar-refractivity contribution in [1.29, 1.82) is 5.26 Å². The van der Waals surface area contributed by atoms with Gasteiger partial charge in [-0.25, -0.2) is 0 Å². The molecule has 2 nitrogen and oxygen atoms in total. The van der Waals surface area contributed by atoms with Gasteiger partial charge in [0.1, 0.15) is 5.75 Å². The first-order valence-electron chi connectivity index (χ1n) is 4.72. The molecule has 0 aliphatic heterocycles. The molecule has 86 valence electrons. The largest absolute Gasteiger partial charge is 0.388 e. The average Bonchev–Trinajstić information content (AvgIpc) is 2.20. The molecule has 0 radical (unpaired) electrons. The number of ether oxygens (including phenoxy) is 1. The van der Waals surface area contributed by atoms with E-state index in [0.29, 0.717) is 12.2 Å². The predicted molar refractivity (Wildman–Crippen MR) is 69.0 cm³/mol. The van der Waals surface area contributed by atoms with E-state index in [9.17, 15) is 0 Å². The highest BCUT2D eigenvalue weighted by molar-refractivity contribution is 7.65. The van der Waals surface area contributed by atoms with Crippen LogP contribution in [0.1, 0.15) is 24.4 Å². The Morgan fingerprint density at radius 1 is 1.38 bits per heavy atom. The lowest BCUT2D eigenvalue weighted by molar-refractivity contribution is 0.498. The summed E-state index contributed by atoms with van der Waals surface area (Å²) in [5, 5.41) is 8.54. The van der Waals surface area contributed by atoms with E-state index >= 15 is 0 Å². The Labute approximate surface area is 110 Å². The highest BCUT2D eigenvalue weighted by Gasteiger charge is 2.38. The zero-order chi connectivity index (χ0) is 12.2. The number of hydrogen-bond donors (Lipinski definition) is 0. The van der Waals surface area contributed by atoms with Crippen LogP contribution in [-0.2, 0) is 0 Å². The summed E-state index contributed by atoms with van der Waals surface area (Å²) in [7, 11) is 0. The van der Waals surface area contributed by atoms with E-state index in [2.05, 4.69) is 0 Å². The first kappa shape index (κ1) is 13.7. The topological polar surface area (TPSA) is 33.0 Å². The van der Waals surface area contributed by atoms with Gasteiger partial charge < -0.3 is 4.74 Å². The zero-order valence-corrected chi connectivity index (χ0v) is 11.9. The van der Waals surface area contributed by atoms with Crippen LogP contribution in [0.2, 0.25) is 0 Å². The molecular formula is C10H10Cl3NOSi. The molecule has 1 atom stereocenters. The summed E-state index contributed by atoms with van der Waals surface area (Å²) in [5.74, 6) is 0.468. The Kier molecular flexibility index (Phi) is 4.94. The van der Waals surface area contributed by atoms with E-state index in [4.69, 9.17) is 43.2 Å². The van der Waals surface area contributed by atoms with Crippen molar-refractivity contribution in [2.45, 2.75) is 18.9 Å². The molecule has 6 heteroatoms. The number of hydrogen-bond acceptors (Lipinski definition) is 2. The Morgan fingerprint density at radius 2 is 2.00 bits per heavy atom. The summed E-state index contributed by atoms with van der Waals surface area (Å²) in [5.41, 5.74) is 0.625. The fourth-order valence-corrected chi connectivity index (χ4v) is 5.04. The second-order valence-corrected chi connectivity index (χ2v) is 12.1. The van der Waals surface area contributed by atoms with E-state index in [-0.39, 0.29) is 5.54 Å². The van der Waals surface area contributed by atoms with Crippen molar-refractivity contribution in [3.8, 4) is 12.0 Å². The van der Waals surface area contributed by atoms with E-state index in [0.717, 1.165) is 5.56 Å². The monoisotopic (exact) mass is 293 g/mol. The fraction of sp³-hybridized carbons (Fsp3) is 0.300. The van der Waals surface area contributed by atoms with Gasteiger partial charge in [0.05, 0.1) is 0 Å². The van der Waals surface area contributed by atoms with Crippen molar-refractivity contribution in [1.82, 2.24) is 0 Å². The molecule has 1 unspecified atom stereocenters. The van der Waals surface area contributed by atoms with E-state index in [1.54, 1.807) is 18.4 Å². The molecular weight excluding hydrogens is 285 g/mol. The van der Waals surface area contributed by atoms with Gasteiger partial charge in [-0.05, 0) is 18.1 Å². The second-order valence-electron chi connectivity index (χ2n) is 3.23. The number of benzene rings is 1. The van der Waals surface area contributed by atoms with Crippen molar-refractivity contribution >= 4 is 39.2 Å². The highest BCUT2D eigenvalue weighted by atomic mass is 35.8. The minimum absolute atomic E-state index is 0.165. The summed E-state index contributed by atoms with van der Waals surface area (Å²) in [6.45, 7) is 1.95. The molecule has 0 aromatic heterocycles. The Balaban J connectivity index is 3.15. The lowest BCUT2D eigenvalue weighted by Crippen LogP contribution is -2.23. The third kappa shape index (κ3) is 3.29. The fourth-order valence-electron chi connectivity index (χ4n) is 1.54. The molecule has 0 bridgehead atoms. The minimum atomic E-state index is -2.86. The average molecular weight is 295 g/mol. The molecule has 16 heavy (non-hydrogen) atoms. The molecule has 0 amide bonds. The molecule has 1 rings (SSSR count). The molecule has 1 aromatic rings. The van der Waals surface area contributed by atoms with Gasteiger partial charge in [-0.2, -0.15) is 0 Å². The molecule has 0 spiro atoms. The maximum Gasteiger partial charge on any atom is 0.348 e. The van der Waals surface area contributed by atoms with Gasteiger partial charge in [0, 0.05) is 5.54 Å². The van der Waals surface area contributed by atoms with Gasteiger partial charge >= 0.3 is 6.00 Å². The number of nitriles is 1. The van der Waals surface area contributed by atoms with Crippen LogP contribution in [0.15, 0.2) is 24.3 Å². The summed E-state index contributed by atoms with van der Waals surface area (Å²) in [4.78, 5) is 0. The van der Waals surface area contributed by atoms with Crippen LogP contribution in [0.25, 0.3) is 0 Å². The number of halogens is 3. The molecule has 0 aliphatic carbocycles. The summed E-state index contributed by atoms with van der Waals surface area (Å²) < 4.78 is 4.87. The summed E-state index contributed by atoms with van der Waals surface area (Å²) in [6, 6.07) is 4.29. The van der Waals surface area contributed by atoms with E-state index in [1.165, 1.54) is 0 Å². The van der Waals surface area contributed by atoms with Gasteiger partial charge in [0.25, 0.3) is 6.26 Å². The SMILES string of the molecule is CCC(c1ccccc1OC#N)[Si](Cl)(Cl)Cl. The molecule has 0 fully saturated rings. The molecule has 0 saturated heterocycles. The Bertz CT molecular complexity index is 400. The van der Waals surface area contributed by atoms with Gasteiger partial charge in [-0.1, -0.05) is 25.1 Å². The zero-order valence-electron chi connectivity index (χ0n) is 8.58. The van der Waals surface area contributed by atoms with Crippen LogP contribution in [0.3, 0.4) is 0 Å². The molecule has 0 aliphatic rings. The number of nitrogens with zero attached hydrogens (tertiary/aromatic N) is 1. The van der Waals surface area contributed by atoms with Crippen molar-refractivity contribution in [2.75, 3.05) is 0 Å². The maximum atomic E-state index is 8.54. The van der Waals surface area contributed by atoms with Crippen LogP contribution in [0.4, 0.5) is 0 Å². The molecule has 1 aromatic carbocycles. The third-order valence-electron chi connectivity index (χ3n) is 2.25. The van der Waals surface area contributed by atoms with E-state index < -0.39 is 6.00 Å². The Hall–Kier alpha value is -0.403. The standard InChI is InChI=1S/C10H10Cl3NOSi/c1-2-10(16(11,12)13)8-5-3-4-6-9(8)15-7-14/h3-6,10H,2H2,1H3. The van der Waals surface area contributed by atoms with Crippen molar-refractivity contribution in [3.05, 3.63) is 29.8 Å². The Morgan fingerprint density at radius 3 is 2.50 bits per heavy atom. The second kappa shape index (κ2) is 5.79. The van der Waals surface area contributed by atoms with E-state index in [1.807, 2.05) is 19.1 Å². The quantitative estimate of drug-likeness (QED) is 0.473. The van der Waals surface area contributed by atoms with Gasteiger partial charge in [0.15, 0.2) is 0 Å². The van der Waals surface area contributed by atoms with Crippen molar-refractivity contribution < 1.29 is 4.74 Å². The van der Waals surface area contributed by atoms with Gasteiger partial charge in [-0.3, -0.25) is 0 Å². The summed E-state index contributed by atoms with van der Waals surface area (Å²) in [6.07, 6.45) is 2.34. The lowest BCUT2D eigenvalue weighted by Gasteiger charge is -2.22. The first-order chi connectivity index (χ1) is 7.50. The predicted octanol–water partition coefficient (Wildman–Crippen LogP) is 4.23. The van der Waals surface area contributed by atoms with Gasteiger partial charge in [0.2, 0.25) is 0 Å². The van der Waals surface area contributed by atoms with Crippen LogP contribution in [0, 0.1) is 11.5 Å². The smallest absolute Gasteiger partial charge is 0.348 e. The van der Waals surface area contributed by atoms with Crippen LogP contribution < -0.4 is 4.74 Å². The van der Waals surface area contributed by atoms with Gasteiger partial charge in [-0.15, -0.1) is 38.5 Å². The minimum Gasteiger partial charge on any atom is -0.388 e. The molecule has 0 saturated carbocycles. The van der Waals surface area contributed by atoms with Crippen LogP contribution >= 0.6 is 33.2 Å². The molecule has 0 N–H and O–H groups in total. The normalized spacial score (nSPS) is 12.9. The van der Waals surface area contributed by atoms with Crippen molar-refractivity contribution in [3.63, 3.8) is 0 Å². The third-order valence-corrected chi connectivity index (χ3v) is 6.13. The molecule has 0 heterocycles. The first-order valence-corrected chi connectivity index (χ1v) is 9.83. The van der Waals surface area contributed by atoms with Crippen LogP contribution in [-0.4, -0.2) is 6.00 Å².